The van der Waals surface area contributed by atoms with E-state index in [0.29, 0.717) is 15.7 Å². The summed E-state index contributed by atoms with van der Waals surface area (Å²) in [5.74, 6) is -0.151. The Morgan fingerprint density at radius 3 is 2.52 bits per heavy atom. The van der Waals surface area contributed by atoms with Crippen LogP contribution in [0.25, 0.3) is 0 Å². The highest BCUT2D eigenvalue weighted by Gasteiger charge is 2.09. The summed E-state index contributed by atoms with van der Waals surface area (Å²) in [6, 6.07) is 15.0. The van der Waals surface area contributed by atoms with E-state index in [2.05, 4.69) is 10.6 Å². The smallest absolute Gasteiger partial charge is 0.238 e. The van der Waals surface area contributed by atoms with Crippen LogP contribution in [0.1, 0.15) is 18.5 Å². The van der Waals surface area contributed by atoms with Gasteiger partial charge in [0.15, 0.2) is 0 Å². The summed E-state index contributed by atoms with van der Waals surface area (Å²) in [5, 5.41) is 6.88. The third-order valence-corrected chi connectivity index (χ3v) is 3.62. The van der Waals surface area contributed by atoms with Crippen molar-refractivity contribution in [1.29, 1.82) is 0 Å². The molecule has 0 saturated carbocycles. The van der Waals surface area contributed by atoms with Crippen molar-refractivity contribution in [1.82, 2.24) is 5.32 Å². The molecule has 0 aliphatic heterocycles. The second kappa shape index (κ2) is 7.46. The standard InChI is InChI=1S/C16H16Cl2N2O/c1-11(12-5-3-2-4-6-12)19-10-16(21)20-15-8-7-13(17)9-14(15)18/h2-9,11,19H,10H2,1H3,(H,20,21)/t11-/m1/s1. The van der Waals surface area contributed by atoms with Crippen LogP contribution in [0.4, 0.5) is 5.69 Å². The maximum Gasteiger partial charge on any atom is 0.238 e. The van der Waals surface area contributed by atoms with Crippen LogP contribution < -0.4 is 10.6 Å². The quantitative estimate of drug-likeness (QED) is 0.862. The Kier molecular flexibility index (Phi) is 5.62. The maximum absolute atomic E-state index is 11.9. The van der Waals surface area contributed by atoms with Crippen LogP contribution in [-0.2, 0) is 4.79 Å². The van der Waals surface area contributed by atoms with Crippen LogP contribution in [-0.4, -0.2) is 12.5 Å². The van der Waals surface area contributed by atoms with Crippen molar-refractivity contribution in [2.75, 3.05) is 11.9 Å². The molecule has 0 radical (unpaired) electrons. The van der Waals surface area contributed by atoms with Gasteiger partial charge in [-0.15, -0.1) is 0 Å². The van der Waals surface area contributed by atoms with E-state index in [1.165, 1.54) is 0 Å². The molecule has 1 amide bonds. The molecule has 110 valence electrons. The van der Waals surface area contributed by atoms with Crippen LogP contribution in [0.3, 0.4) is 0 Å². The number of carbonyl (C=O) groups is 1. The highest BCUT2D eigenvalue weighted by Crippen LogP contribution is 2.25. The van der Waals surface area contributed by atoms with Gasteiger partial charge in [-0.2, -0.15) is 0 Å². The number of amides is 1. The summed E-state index contributed by atoms with van der Waals surface area (Å²) in [4.78, 5) is 11.9. The molecule has 5 heteroatoms. The van der Waals surface area contributed by atoms with E-state index in [-0.39, 0.29) is 18.5 Å². The number of benzene rings is 2. The summed E-state index contributed by atoms with van der Waals surface area (Å²) < 4.78 is 0. The molecule has 3 nitrogen and oxygen atoms in total. The van der Waals surface area contributed by atoms with E-state index in [9.17, 15) is 4.79 Å². The zero-order valence-electron chi connectivity index (χ0n) is 11.6. The lowest BCUT2D eigenvalue weighted by atomic mass is 10.1. The van der Waals surface area contributed by atoms with Gasteiger partial charge in [0, 0.05) is 11.1 Å². The van der Waals surface area contributed by atoms with Gasteiger partial charge in [-0.1, -0.05) is 53.5 Å². The van der Waals surface area contributed by atoms with Gasteiger partial charge in [-0.25, -0.2) is 0 Å². The van der Waals surface area contributed by atoms with E-state index in [4.69, 9.17) is 23.2 Å². The monoisotopic (exact) mass is 322 g/mol. The second-order valence-corrected chi connectivity index (χ2v) is 5.53. The number of hydrogen-bond acceptors (Lipinski definition) is 2. The Hall–Kier alpha value is -1.55. The van der Waals surface area contributed by atoms with Crippen molar-refractivity contribution in [3.05, 3.63) is 64.1 Å². The zero-order valence-corrected chi connectivity index (χ0v) is 13.1. The van der Waals surface area contributed by atoms with Crippen molar-refractivity contribution < 1.29 is 4.79 Å². The molecule has 2 rings (SSSR count). The molecule has 0 fully saturated rings. The predicted molar refractivity (Wildman–Crippen MR) is 88.0 cm³/mol. The van der Waals surface area contributed by atoms with Gasteiger partial charge in [0.1, 0.15) is 0 Å². The highest BCUT2D eigenvalue weighted by atomic mass is 35.5. The number of hydrogen-bond donors (Lipinski definition) is 2. The Bertz CT molecular complexity index is 617. The fourth-order valence-corrected chi connectivity index (χ4v) is 2.35. The van der Waals surface area contributed by atoms with Crippen molar-refractivity contribution in [2.24, 2.45) is 0 Å². The van der Waals surface area contributed by atoms with Crippen molar-refractivity contribution in [3.63, 3.8) is 0 Å². The Morgan fingerprint density at radius 1 is 1.14 bits per heavy atom. The number of anilines is 1. The largest absolute Gasteiger partial charge is 0.324 e. The molecule has 0 aromatic heterocycles. The average molecular weight is 323 g/mol. The lowest BCUT2D eigenvalue weighted by Gasteiger charge is -2.14. The minimum Gasteiger partial charge on any atom is -0.324 e. The van der Waals surface area contributed by atoms with Crippen molar-refractivity contribution >= 4 is 34.8 Å². The molecule has 0 spiro atoms. The highest BCUT2D eigenvalue weighted by molar-refractivity contribution is 6.36. The first-order valence-corrected chi connectivity index (χ1v) is 7.35. The predicted octanol–water partition coefficient (Wildman–Crippen LogP) is 4.28. The molecule has 0 unspecified atom stereocenters. The second-order valence-electron chi connectivity index (χ2n) is 4.69. The summed E-state index contributed by atoms with van der Waals surface area (Å²) in [5.41, 5.74) is 1.69. The summed E-state index contributed by atoms with van der Waals surface area (Å²) >= 11 is 11.8. The first-order valence-electron chi connectivity index (χ1n) is 6.59. The lowest BCUT2D eigenvalue weighted by molar-refractivity contribution is -0.115. The van der Waals surface area contributed by atoms with E-state index < -0.39 is 0 Å². The average Bonchev–Trinajstić information content (AvgIpc) is 2.48. The number of nitrogens with one attached hydrogen (secondary N) is 2. The molecule has 0 aliphatic rings. The third-order valence-electron chi connectivity index (χ3n) is 3.07. The molecule has 2 N–H and O–H groups in total. The minimum absolute atomic E-state index is 0.0950. The molecule has 21 heavy (non-hydrogen) atoms. The Morgan fingerprint density at radius 2 is 1.86 bits per heavy atom. The summed E-state index contributed by atoms with van der Waals surface area (Å²) in [7, 11) is 0. The van der Waals surface area contributed by atoms with E-state index in [1.54, 1.807) is 18.2 Å². The summed E-state index contributed by atoms with van der Waals surface area (Å²) in [6.07, 6.45) is 0. The van der Waals surface area contributed by atoms with E-state index >= 15 is 0 Å². The molecular weight excluding hydrogens is 307 g/mol. The summed E-state index contributed by atoms with van der Waals surface area (Å²) in [6.45, 7) is 2.22. The van der Waals surface area contributed by atoms with Crippen LogP contribution >= 0.6 is 23.2 Å². The van der Waals surface area contributed by atoms with Gasteiger partial charge in [-0.05, 0) is 30.7 Å². The molecule has 2 aromatic rings. The van der Waals surface area contributed by atoms with Gasteiger partial charge in [0.2, 0.25) is 5.91 Å². The molecule has 0 heterocycles. The minimum atomic E-state index is -0.151. The Balaban J connectivity index is 1.87. The van der Waals surface area contributed by atoms with Crippen LogP contribution in [0.15, 0.2) is 48.5 Å². The van der Waals surface area contributed by atoms with Gasteiger partial charge >= 0.3 is 0 Å². The number of carbonyl (C=O) groups excluding carboxylic acids is 1. The van der Waals surface area contributed by atoms with Crippen molar-refractivity contribution in [2.45, 2.75) is 13.0 Å². The van der Waals surface area contributed by atoms with Crippen LogP contribution in [0.5, 0.6) is 0 Å². The van der Waals surface area contributed by atoms with Gasteiger partial charge < -0.3 is 10.6 Å². The van der Waals surface area contributed by atoms with E-state index in [0.717, 1.165) is 5.56 Å². The third kappa shape index (κ3) is 4.74. The molecule has 0 bridgehead atoms. The molecule has 0 saturated heterocycles. The fourth-order valence-electron chi connectivity index (χ4n) is 1.89. The fraction of sp³-hybridized carbons (Fsp3) is 0.188. The first-order chi connectivity index (χ1) is 10.1. The van der Waals surface area contributed by atoms with Crippen molar-refractivity contribution in [3.8, 4) is 0 Å². The number of rotatable bonds is 5. The van der Waals surface area contributed by atoms with Gasteiger partial charge in [0.05, 0.1) is 17.3 Å². The SMILES string of the molecule is C[C@@H](NCC(=O)Nc1ccc(Cl)cc1Cl)c1ccccc1. The van der Waals surface area contributed by atoms with Gasteiger partial charge in [0.25, 0.3) is 0 Å². The zero-order chi connectivity index (χ0) is 15.2. The lowest BCUT2D eigenvalue weighted by Crippen LogP contribution is -2.30. The molecule has 2 aromatic carbocycles. The molecular formula is C16H16Cl2N2O. The topological polar surface area (TPSA) is 41.1 Å². The normalized spacial score (nSPS) is 12.0. The van der Waals surface area contributed by atoms with Crippen LogP contribution in [0, 0.1) is 0 Å². The van der Waals surface area contributed by atoms with Crippen LogP contribution in [0.2, 0.25) is 10.0 Å². The number of halogens is 2. The first kappa shape index (κ1) is 15.8. The maximum atomic E-state index is 11.9. The molecule has 1 atom stereocenters. The Labute approximate surface area is 134 Å². The molecule has 0 aliphatic carbocycles. The van der Waals surface area contributed by atoms with Gasteiger partial charge in [-0.3, -0.25) is 4.79 Å². The van der Waals surface area contributed by atoms with E-state index in [1.807, 2.05) is 37.3 Å².